The summed E-state index contributed by atoms with van der Waals surface area (Å²) in [5.74, 6) is 1.13. The van der Waals surface area contributed by atoms with Crippen LogP contribution in [0.2, 0.25) is 0 Å². The number of piperidine rings is 1. The largest absolute Gasteiger partial charge is 0.497 e. The van der Waals surface area contributed by atoms with Crippen LogP contribution in [0.5, 0.6) is 5.75 Å². The molecule has 0 saturated carbocycles. The van der Waals surface area contributed by atoms with E-state index in [0.29, 0.717) is 36.2 Å². The zero-order chi connectivity index (χ0) is 25.8. The van der Waals surface area contributed by atoms with E-state index < -0.39 is 0 Å². The van der Waals surface area contributed by atoms with Crippen LogP contribution >= 0.6 is 0 Å². The molecule has 1 amide bonds. The number of hydrogen-bond donors (Lipinski definition) is 0. The van der Waals surface area contributed by atoms with Crippen molar-refractivity contribution in [3.05, 3.63) is 96.2 Å². The van der Waals surface area contributed by atoms with Crippen LogP contribution in [0.4, 0.5) is 8.78 Å². The van der Waals surface area contributed by atoms with E-state index in [2.05, 4.69) is 4.98 Å². The molecule has 2 aromatic heterocycles. The normalized spacial score (nSPS) is 14.1. The van der Waals surface area contributed by atoms with Gasteiger partial charge in [-0.3, -0.25) is 9.78 Å². The molecule has 0 radical (unpaired) electrons. The van der Waals surface area contributed by atoms with Gasteiger partial charge in [-0.15, -0.1) is 0 Å². The molecule has 0 atom stereocenters. The van der Waals surface area contributed by atoms with Crippen molar-refractivity contribution < 1.29 is 18.3 Å². The second-order valence-corrected chi connectivity index (χ2v) is 9.29. The van der Waals surface area contributed by atoms with E-state index in [1.54, 1.807) is 48.3 Å². The third-order valence-electron chi connectivity index (χ3n) is 6.82. The minimum Gasteiger partial charge on any atom is -0.497 e. The maximum atomic E-state index is 13.5. The summed E-state index contributed by atoms with van der Waals surface area (Å²) in [5, 5.41) is 0. The van der Waals surface area contributed by atoms with Crippen LogP contribution in [0.3, 0.4) is 0 Å². The molecule has 3 heterocycles. The molecule has 1 aliphatic rings. The smallest absolute Gasteiger partial charge is 0.230 e. The highest BCUT2D eigenvalue weighted by atomic mass is 19.1. The molecule has 8 heteroatoms. The number of nitrogens with zero attached hydrogens (tertiary/aromatic N) is 4. The number of halogens is 2. The average molecular weight is 503 g/mol. The number of carbonyl (C=O) groups is 1. The van der Waals surface area contributed by atoms with Crippen molar-refractivity contribution in [3.8, 4) is 22.7 Å². The first-order valence-corrected chi connectivity index (χ1v) is 12.4. The predicted octanol–water partition coefficient (Wildman–Crippen LogP) is 5.24. The number of likely N-dealkylation sites (tertiary alicyclic amines) is 1. The van der Waals surface area contributed by atoms with E-state index in [-0.39, 0.29) is 24.0 Å². The van der Waals surface area contributed by atoms with E-state index >= 15 is 0 Å². The van der Waals surface area contributed by atoms with Gasteiger partial charge in [-0.05, 0) is 79.8 Å². The van der Waals surface area contributed by atoms with Crippen LogP contribution in [0, 0.1) is 17.6 Å². The Morgan fingerprint density at radius 2 is 1.68 bits per heavy atom. The van der Waals surface area contributed by atoms with Gasteiger partial charge < -0.3 is 14.2 Å². The Morgan fingerprint density at radius 1 is 1.00 bits per heavy atom. The van der Waals surface area contributed by atoms with E-state index in [0.717, 1.165) is 36.3 Å². The van der Waals surface area contributed by atoms with Gasteiger partial charge in [0.2, 0.25) is 5.91 Å². The number of aromatic nitrogens is 3. The van der Waals surface area contributed by atoms with E-state index in [1.807, 2.05) is 17.0 Å². The number of carbonyl (C=O) groups excluding carboxylic acids is 1. The van der Waals surface area contributed by atoms with Gasteiger partial charge in [0.1, 0.15) is 23.2 Å². The Morgan fingerprint density at radius 3 is 2.35 bits per heavy atom. The maximum absolute atomic E-state index is 13.5. The lowest BCUT2D eigenvalue weighted by Gasteiger charge is -2.32. The highest BCUT2D eigenvalue weighted by molar-refractivity contribution is 5.78. The summed E-state index contributed by atoms with van der Waals surface area (Å²) >= 11 is 0. The molecule has 190 valence electrons. The number of pyridine rings is 1. The molecule has 5 rings (SSSR count). The van der Waals surface area contributed by atoms with E-state index in [9.17, 15) is 13.6 Å². The molecule has 1 aliphatic heterocycles. The fraction of sp³-hybridized carbons (Fsp3) is 0.276. The second-order valence-electron chi connectivity index (χ2n) is 9.29. The molecular weight excluding hydrogens is 474 g/mol. The standard InChI is InChI=1S/C29H28F2N4O2/c1-37-26-10-13-32-24(17-26)16-20-11-14-34(15-12-20)29(36)18-28-33-27(21-2-4-22(30)5-3-21)19-35(28)25-8-6-23(31)7-9-25/h2-10,13,17,19-20H,11-12,14-16,18H2,1H3. The van der Waals surface area contributed by atoms with Gasteiger partial charge in [0, 0.05) is 48.5 Å². The molecule has 0 aliphatic carbocycles. The summed E-state index contributed by atoms with van der Waals surface area (Å²) < 4.78 is 34.1. The zero-order valence-corrected chi connectivity index (χ0v) is 20.6. The number of hydrogen-bond acceptors (Lipinski definition) is 4. The van der Waals surface area contributed by atoms with Crippen molar-refractivity contribution in [2.75, 3.05) is 20.2 Å². The number of ether oxygens (including phenoxy) is 1. The van der Waals surface area contributed by atoms with Crippen molar-refractivity contribution in [1.82, 2.24) is 19.4 Å². The summed E-state index contributed by atoms with van der Waals surface area (Å²) in [4.78, 5) is 24.3. The molecule has 0 N–H and O–H groups in total. The molecule has 0 spiro atoms. The Bertz CT molecular complexity index is 1360. The quantitative estimate of drug-likeness (QED) is 0.347. The van der Waals surface area contributed by atoms with Gasteiger partial charge in [0.05, 0.1) is 19.2 Å². The van der Waals surface area contributed by atoms with Crippen molar-refractivity contribution in [2.24, 2.45) is 5.92 Å². The monoisotopic (exact) mass is 502 g/mol. The van der Waals surface area contributed by atoms with E-state index in [4.69, 9.17) is 9.72 Å². The van der Waals surface area contributed by atoms with Crippen LogP contribution in [0.15, 0.2) is 73.1 Å². The van der Waals surface area contributed by atoms with Gasteiger partial charge in [-0.1, -0.05) is 0 Å². The van der Waals surface area contributed by atoms with Crippen molar-refractivity contribution in [1.29, 1.82) is 0 Å². The maximum Gasteiger partial charge on any atom is 0.230 e. The Balaban J connectivity index is 1.29. The first kappa shape index (κ1) is 24.6. The first-order chi connectivity index (χ1) is 18.0. The zero-order valence-electron chi connectivity index (χ0n) is 20.6. The molecule has 1 saturated heterocycles. The fourth-order valence-electron chi connectivity index (χ4n) is 4.75. The number of amides is 1. The lowest BCUT2D eigenvalue weighted by molar-refractivity contribution is -0.132. The second kappa shape index (κ2) is 10.9. The predicted molar refractivity (Wildman–Crippen MR) is 136 cm³/mol. The van der Waals surface area contributed by atoms with Gasteiger partial charge in [-0.2, -0.15) is 0 Å². The third kappa shape index (κ3) is 5.85. The molecule has 6 nitrogen and oxygen atoms in total. The van der Waals surface area contributed by atoms with Crippen LogP contribution in [0.1, 0.15) is 24.4 Å². The lowest BCUT2D eigenvalue weighted by Crippen LogP contribution is -2.40. The van der Waals surface area contributed by atoms with Crippen LogP contribution in [0.25, 0.3) is 16.9 Å². The van der Waals surface area contributed by atoms with E-state index in [1.165, 1.54) is 24.3 Å². The highest BCUT2D eigenvalue weighted by Gasteiger charge is 2.25. The topological polar surface area (TPSA) is 60.2 Å². The molecule has 2 aromatic carbocycles. The summed E-state index contributed by atoms with van der Waals surface area (Å²) in [6.07, 6.45) is 6.33. The number of rotatable bonds is 7. The number of imidazole rings is 1. The van der Waals surface area contributed by atoms with Crippen LogP contribution in [-0.4, -0.2) is 45.5 Å². The number of methoxy groups -OCH3 is 1. The minimum absolute atomic E-state index is 0.00225. The summed E-state index contributed by atoms with van der Waals surface area (Å²) in [6, 6.07) is 15.9. The molecule has 0 unspecified atom stereocenters. The van der Waals surface area contributed by atoms with Gasteiger partial charge in [0.15, 0.2) is 0 Å². The molecule has 1 fully saturated rings. The Kier molecular flexibility index (Phi) is 7.25. The summed E-state index contributed by atoms with van der Waals surface area (Å²) in [6.45, 7) is 1.35. The summed E-state index contributed by atoms with van der Waals surface area (Å²) in [7, 11) is 1.65. The van der Waals surface area contributed by atoms with Gasteiger partial charge >= 0.3 is 0 Å². The molecule has 37 heavy (non-hydrogen) atoms. The fourth-order valence-corrected chi connectivity index (χ4v) is 4.75. The highest BCUT2D eigenvalue weighted by Crippen LogP contribution is 2.25. The molecular formula is C29H28F2N4O2. The van der Waals surface area contributed by atoms with Crippen LogP contribution in [-0.2, 0) is 17.6 Å². The van der Waals surface area contributed by atoms with Crippen molar-refractivity contribution in [3.63, 3.8) is 0 Å². The number of benzene rings is 2. The Hall–Kier alpha value is -4.07. The molecule has 4 aromatic rings. The third-order valence-corrected chi connectivity index (χ3v) is 6.82. The van der Waals surface area contributed by atoms with Crippen LogP contribution < -0.4 is 4.74 Å². The lowest BCUT2D eigenvalue weighted by atomic mass is 9.92. The SMILES string of the molecule is COc1ccnc(CC2CCN(C(=O)Cc3nc(-c4ccc(F)cc4)cn3-c3ccc(F)cc3)CC2)c1. The van der Waals surface area contributed by atoms with Crippen molar-refractivity contribution in [2.45, 2.75) is 25.7 Å². The van der Waals surface area contributed by atoms with Gasteiger partial charge in [0.25, 0.3) is 0 Å². The molecule has 0 bridgehead atoms. The van der Waals surface area contributed by atoms with Gasteiger partial charge in [-0.25, -0.2) is 13.8 Å². The first-order valence-electron chi connectivity index (χ1n) is 12.4. The Labute approximate surface area is 214 Å². The van der Waals surface area contributed by atoms with Crippen molar-refractivity contribution >= 4 is 5.91 Å². The summed E-state index contributed by atoms with van der Waals surface area (Å²) in [5.41, 5.74) is 3.06. The minimum atomic E-state index is -0.340. The average Bonchev–Trinajstić information content (AvgIpc) is 3.33.